The van der Waals surface area contributed by atoms with Crippen LogP contribution < -0.4 is 9.47 Å². The molecule has 0 saturated carbocycles. The van der Waals surface area contributed by atoms with Gasteiger partial charge in [-0.05, 0) is 97.5 Å². The normalized spacial score (nSPS) is 11.3. The second kappa shape index (κ2) is 27.2. The quantitative estimate of drug-likeness (QED) is 0.0388. The molecule has 4 aromatic rings. The summed E-state index contributed by atoms with van der Waals surface area (Å²) in [6.45, 7) is 4.47. The van der Waals surface area contributed by atoms with E-state index in [0.717, 1.165) is 25.7 Å². The molecule has 4 rings (SSSR count). The average Bonchev–Trinajstić information content (AvgIpc) is 3.14. The number of unbranched alkanes of at least 4 members (excludes halogenated alkanes) is 14. The molecule has 0 N–H and O–H groups in total. The minimum absolute atomic E-state index is 0. The van der Waals surface area contributed by atoms with E-state index < -0.39 is 20.2 Å². The Bertz CT molecular complexity index is 1740. The van der Waals surface area contributed by atoms with Gasteiger partial charge in [0.2, 0.25) is 0 Å². The van der Waals surface area contributed by atoms with Crippen molar-refractivity contribution < 1.29 is 35.4 Å². The van der Waals surface area contributed by atoms with Gasteiger partial charge >= 0.3 is 37.7 Å². The second-order valence-electron chi connectivity index (χ2n) is 13.8. The molecule has 0 aliphatic carbocycles. The van der Waals surface area contributed by atoms with E-state index in [4.69, 9.17) is 9.47 Å². The van der Waals surface area contributed by atoms with Crippen molar-refractivity contribution in [1.82, 2.24) is 0 Å². The van der Waals surface area contributed by atoms with E-state index in [1.807, 2.05) is 36.4 Å². The van der Waals surface area contributed by atoms with Gasteiger partial charge in [0.15, 0.2) is 0 Å². The van der Waals surface area contributed by atoms with Crippen LogP contribution in [0.3, 0.4) is 0 Å². The van der Waals surface area contributed by atoms with Gasteiger partial charge < -0.3 is 18.6 Å². The Hall–Kier alpha value is -2.44. The van der Waals surface area contributed by atoms with E-state index in [1.54, 1.807) is 12.1 Å². The predicted molar refractivity (Wildman–Crippen MR) is 220 cm³/mol. The number of rotatable bonds is 24. The van der Waals surface area contributed by atoms with Crippen molar-refractivity contribution in [3.05, 3.63) is 108 Å². The SMILES string of the molecule is CCCCCCCCCCc1cccc(Oc2cccc(S(=O)(=O)[O-])c2)c1.CCCCCCCCCCc1cccc(Oc2cccc(S(=O)(=O)[O-])c2)c1.[Ca+2]. The summed E-state index contributed by atoms with van der Waals surface area (Å²) in [7, 11) is -8.96. The maximum Gasteiger partial charge on any atom is 2.00 e. The molecule has 0 heterocycles. The number of benzene rings is 4. The van der Waals surface area contributed by atoms with Crippen LogP contribution in [0.4, 0.5) is 0 Å². The number of hydrogen-bond acceptors (Lipinski definition) is 8. The molecule has 0 aliphatic heterocycles. The van der Waals surface area contributed by atoms with Gasteiger partial charge in [0.25, 0.3) is 0 Å². The number of hydrogen-bond donors (Lipinski definition) is 0. The van der Waals surface area contributed by atoms with Crippen molar-refractivity contribution in [3.8, 4) is 23.0 Å². The molecule has 4 aromatic carbocycles. The summed E-state index contributed by atoms with van der Waals surface area (Å²) >= 11 is 0. The molecule has 8 nitrogen and oxygen atoms in total. The molecule has 296 valence electrons. The molecule has 55 heavy (non-hydrogen) atoms. The van der Waals surface area contributed by atoms with Gasteiger partial charge in [0.05, 0.1) is 9.79 Å². The van der Waals surface area contributed by atoms with Crippen molar-refractivity contribution in [3.63, 3.8) is 0 Å². The fourth-order valence-corrected chi connectivity index (χ4v) is 7.13. The molecular weight excluding hydrogens is 761 g/mol. The summed E-state index contributed by atoms with van der Waals surface area (Å²) in [5.74, 6) is 1.98. The first-order chi connectivity index (χ1) is 26.0. The molecule has 0 fully saturated rings. The molecule has 0 atom stereocenters. The molecule has 0 aliphatic rings. The van der Waals surface area contributed by atoms with Crippen LogP contribution in [0.1, 0.15) is 128 Å². The van der Waals surface area contributed by atoms with E-state index in [1.165, 1.54) is 137 Å². The molecule has 0 aromatic heterocycles. The van der Waals surface area contributed by atoms with Crippen LogP contribution in [0.2, 0.25) is 0 Å². The predicted octanol–water partition coefficient (Wildman–Crippen LogP) is 11.8. The minimum Gasteiger partial charge on any atom is -0.744 e. The third-order valence-corrected chi connectivity index (χ3v) is 10.8. The van der Waals surface area contributed by atoms with Crippen molar-refractivity contribution >= 4 is 58.0 Å². The standard InChI is InChI=1S/2C22H30O4S.Ca/c2*1-2-3-4-5-6-7-8-9-12-19-13-10-14-20(17-19)26-21-15-11-16-22(18-21)27(23,24)25;/h2*10-11,13-18H,2-9,12H2,1H3,(H,23,24,25);/q;;+2/p-2. The largest absolute Gasteiger partial charge is 2.00 e. The fraction of sp³-hybridized carbons (Fsp3) is 0.455. The molecule has 11 heteroatoms. The van der Waals surface area contributed by atoms with Crippen LogP contribution in [-0.2, 0) is 33.1 Å². The first-order valence-corrected chi connectivity index (χ1v) is 22.4. The Labute approximate surface area is 361 Å². The van der Waals surface area contributed by atoms with Gasteiger partial charge in [-0.25, -0.2) is 16.8 Å². The Kier molecular flexibility index (Phi) is 24.1. The van der Waals surface area contributed by atoms with Crippen LogP contribution in [0.15, 0.2) is 107 Å². The van der Waals surface area contributed by atoms with E-state index in [2.05, 4.69) is 26.0 Å². The average molecular weight is 819 g/mol. The van der Waals surface area contributed by atoms with E-state index in [9.17, 15) is 25.9 Å². The molecule has 0 amide bonds. The molecule has 0 spiro atoms. The molecule has 0 bridgehead atoms. The Morgan fingerprint density at radius 3 is 1.04 bits per heavy atom. The Morgan fingerprint density at radius 2 is 0.709 bits per heavy atom. The van der Waals surface area contributed by atoms with Crippen molar-refractivity contribution in [2.45, 2.75) is 139 Å². The summed E-state index contributed by atoms with van der Waals surface area (Å²) in [6.07, 6.45) is 22.7. The summed E-state index contributed by atoms with van der Waals surface area (Å²) in [6, 6.07) is 27.0. The maximum atomic E-state index is 11.1. The van der Waals surface area contributed by atoms with Crippen molar-refractivity contribution in [1.29, 1.82) is 0 Å². The van der Waals surface area contributed by atoms with Crippen LogP contribution in [0.5, 0.6) is 23.0 Å². The van der Waals surface area contributed by atoms with Gasteiger partial charge in [0, 0.05) is 0 Å². The maximum absolute atomic E-state index is 11.1. The van der Waals surface area contributed by atoms with E-state index >= 15 is 0 Å². The summed E-state index contributed by atoms with van der Waals surface area (Å²) < 4.78 is 78.2. The second-order valence-corrected chi connectivity index (χ2v) is 16.6. The zero-order valence-electron chi connectivity index (χ0n) is 32.8. The summed E-state index contributed by atoms with van der Waals surface area (Å²) in [4.78, 5) is -0.565. The first-order valence-electron chi connectivity index (χ1n) is 19.6. The Balaban J connectivity index is 0.000000373. The molecular formula is C44H58CaO8S2. The van der Waals surface area contributed by atoms with Gasteiger partial charge in [-0.1, -0.05) is 140 Å². The number of aryl methyl sites for hydroxylation is 2. The smallest absolute Gasteiger partial charge is 0.744 e. The fourth-order valence-electron chi connectivity index (χ4n) is 6.11. The number of ether oxygens (including phenoxy) is 2. The molecule has 0 unspecified atom stereocenters. The zero-order valence-corrected chi connectivity index (χ0v) is 36.6. The van der Waals surface area contributed by atoms with Crippen LogP contribution >= 0.6 is 0 Å². The van der Waals surface area contributed by atoms with E-state index in [0.29, 0.717) is 23.0 Å². The zero-order chi connectivity index (χ0) is 39.1. The topological polar surface area (TPSA) is 133 Å². The van der Waals surface area contributed by atoms with E-state index in [-0.39, 0.29) is 47.5 Å². The van der Waals surface area contributed by atoms with Gasteiger partial charge in [-0.3, -0.25) is 0 Å². The molecule has 0 radical (unpaired) electrons. The van der Waals surface area contributed by atoms with Crippen molar-refractivity contribution in [2.24, 2.45) is 0 Å². The van der Waals surface area contributed by atoms with Crippen LogP contribution in [-0.4, -0.2) is 63.7 Å². The first kappa shape index (κ1) is 48.7. The van der Waals surface area contributed by atoms with Gasteiger partial charge in [-0.15, -0.1) is 0 Å². The van der Waals surface area contributed by atoms with Gasteiger partial charge in [-0.2, -0.15) is 0 Å². The van der Waals surface area contributed by atoms with Crippen molar-refractivity contribution in [2.75, 3.05) is 0 Å². The van der Waals surface area contributed by atoms with Crippen LogP contribution in [0, 0.1) is 0 Å². The Morgan fingerprint density at radius 1 is 0.418 bits per heavy atom. The minimum atomic E-state index is -4.48. The third kappa shape index (κ3) is 21.1. The van der Waals surface area contributed by atoms with Gasteiger partial charge in [0.1, 0.15) is 43.2 Å². The van der Waals surface area contributed by atoms with Crippen LogP contribution in [0.25, 0.3) is 0 Å². The monoisotopic (exact) mass is 818 g/mol. The summed E-state index contributed by atoms with van der Waals surface area (Å²) in [5, 5.41) is 0. The third-order valence-electron chi connectivity index (χ3n) is 9.09. The molecule has 0 saturated heterocycles. The summed E-state index contributed by atoms with van der Waals surface area (Å²) in [5.41, 5.74) is 2.40.